The van der Waals surface area contributed by atoms with Crippen molar-refractivity contribution < 1.29 is 17.2 Å². The first kappa shape index (κ1) is 16.3. The van der Waals surface area contributed by atoms with Gasteiger partial charge in [0.15, 0.2) is 5.58 Å². The van der Waals surface area contributed by atoms with Gasteiger partial charge < -0.3 is 4.42 Å². The van der Waals surface area contributed by atoms with Gasteiger partial charge in [-0.15, -0.1) is 0 Å². The van der Waals surface area contributed by atoms with Gasteiger partial charge in [0.1, 0.15) is 5.82 Å². The van der Waals surface area contributed by atoms with Crippen molar-refractivity contribution in [1.82, 2.24) is 4.57 Å². The molecule has 0 bridgehead atoms. The van der Waals surface area contributed by atoms with Crippen LogP contribution in [0.1, 0.15) is 5.56 Å². The zero-order valence-electron chi connectivity index (χ0n) is 12.8. The molecule has 0 saturated heterocycles. The van der Waals surface area contributed by atoms with E-state index in [1.165, 1.54) is 22.8 Å². The highest BCUT2D eigenvalue weighted by Crippen LogP contribution is 2.19. The molecular formula is C16H15FN2O4S. The number of hydrogen-bond donors (Lipinski definition) is 1. The van der Waals surface area contributed by atoms with E-state index in [0.29, 0.717) is 11.1 Å². The van der Waals surface area contributed by atoms with Crippen LogP contribution in [0.2, 0.25) is 0 Å². The van der Waals surface area contributed by atoms with Crippen molar-refractivity contribution in [3.8, 4) is 0 Å². The highest BCUT2D eigenvalue weighted by molar-refractivity contribution is 7.92. The molecular weight excluding hydrogens is 335 g/mol. The van der Waals surface area contributed by atoms with Crippen LogP contribution in [-0.4, -0.2) is 18.7 Å². The molecule has 0 fully saturated rings. The number of fused-ring (bicyclic) bond motifs is 1. The van der Waals surface area contributed by atoms with Gasteiger partial charge in [0.2, 0.25) is 10.0 Å². The molecule has 0 amide bonds. The topological polar surface area (TPSA) is 81.3 Å². The summed E-state index contributed by atoms with van der Waals surface area (Å²) in [5, 5.41) is 0. The lowest BCUT2D eigenvalue weighted by Gasteiger charge is -2.08. The molecule has 0 aliphatic carbocycles. The smallest absolute Gasteiger partial charge is 0.408 e. The van der Waals surface area contributed by atoms with Crippen molar-refractivity contribution in [2.45, 2.75) is 6.42 Å². The average molecular weight is 350 g/mol. The fraction of sp³-hybridized carbons (Fsp3) is 0.188. The molecule has 1 N–H and O–H groups in total. The molecule has 3 aromatic rings. The maximum atomic E-state index is 13.5. The normalized spacial score (nSPS) is 11.8. The lowest BCUT2D eigenvalue weighted by atomic mass is 10.2. The molecule has 0 aliphatic heterocycles. The number of benzene rings is 2. The first-order valence-electron chi connectivity index (χ1n) is 7.19. The van der Waals surface area contributed by atoms with Crippen LogP contribution in [0.4, 0.5) is 10.1 Å². The number of oxazole rings is 1. The second-order valence-corrected chi connectivity index (χ2v) is 7.21. The standard InChI is InChI=1S/C16H15FN2O4S/c1-19-14-7-6-12(10-15(14)23-16(19)20)18-24(21,22)9-8-11-4-2-3-5-13(11)17/h2-7,10,18H,8-9H2,1H3. The molecule has 0 unspecified atom stereocenters. The SMILES string of the molecule is Cn1c(=O)oc2cc(NS(=O)(=O)CCc3ccccc3F)ccc21. The van der Waals surface area contributed by atoms with Gasteiger partial charge in [-0.25, -0.2) is 17.6 Å². The number of aromatic nitrogens is 1. The van der Waals surface area contributed by atoms with Crippen LogP contribution >= 0.6 is 0 Å². The summed E-state index contributed by atoms with van der Waals surface area (Å²) in [7, 11) is -2.10. The summed E-state index contributed by atoms with van der Waals surface area (Å²) < 4.78 is 46.6. The summed E-state index contributed by atoms with van der Waals surface area (Å²) in [5.74, 6) is -1.21. The number of hydrogen-bond acceptors (Lipinski definition) is 4. The van der Waals surface area contributed by atoms with E-state index in [0.717, 1.165) is 0 Å². The second kappa shape index (κ2) is 6.12. The van der Waals surface area contributed by atoms with E-state index in [4.69, 9.17) is 4.42 Å². The summed E-state index contributed by atoms with van der Waals surface area (Å²) in [5.41, 5.74) is 1.48. The average Bonchev–Trinajstić information content (AvgIpc) is 2.80. The van der Waals surface area contributed by atoms with Crippen molar-refractivity contribution in [2.75, 3.05) is 10.5 Å². The number of rotatable bonds is 5. The van der Waals surface area contributed by atoms with Crippen molar-refractivity contribution in [2.24, 2.45) is 7.05 Å². The lowest BCUT2D eigenvalue weighted by Crippen LogP contribution is -2.18. The maximum absolute atomic E-state index is 13.5. The summed E-state index contributed by atoms with van der Waals surface area (Å²) in [6.07, 6.45) is 0.0602. The third kappa shape index (κ3) is 3.33. The fourth-order valence-corrected chi connectivity index (χ4v) is 3.45. The molecule has 2 aromatic carbocycles. The van der Waals surface area contributed by atoms with Crippen molar-refractivity contribution in [3.63, 3.8) is 0 Å². The van der Waals surface area contributed by atoms with E-state index >= 15 is 0 Å². The maximum Gasteiger partial charge on any atom is 0.419 e. The second-order valence-electron chi connectivity index (χ2n) is 5.37. The summed E-state index contributed by atoms with van der Waals surface area (Å²) in [4.78, 5) is 11.4. The Kier molecular flexibility index (Phi) is 4.15. The molecule has 1 aromatic heterocycles. The summed E-state index contributed by atoms with van der Waals surface area (Å²) >= 11 is 0. The van der Waals surface area contributed by atoms with Crippen LogP contribution in [0.15, 0.2) is 51.7 Å². The zero-order chi connectivity index (χ0) is 17.3. The van der Waals surface area contributed by atoms with Crippen molar-refractivity contribution in [3.05, 3.63) is 64.4 Å². The van der Waals surface area contributed by atoms with E-state index in [1.54, 1.807) is 31.3 Å². The Hall–Kier alpha value is -2.61. The van der Waals surface area contributed by atoms with Gasteiger partial charge in [0.25, 0.3) is 0 Å². The van der Waals surface area contributed by atoms with Gasteiger partial charge in [-0.2, -0.15) is 0 Å². The molecule has 24 heavy (non-hydrogen) atoms. The molecule has 1 heterocycles. The Morgan fingerprint density at radius 2 is 1.96 bits per heavy atom. The molecule has 0 atom stereocenters. The highest BCUT2D eigenvalue weighted by atomic mass is 32.2. The van der Waals surface area contributed by atoms with Gasteiger partial charge >= 0.3 is 5.76 Å². The Bertz CT molecular complexity index is 1050. The number of halogens is 1. The minimum absolute atomic E-state index is 0.0602. The highest BCUT2D eigenvalue weighted by Gasteiger charge is 2.14. The molecule has 0 saturated carbocycles. The van der Waals surface area contributed by atoms with Gasteiger partial charge in [0.05, 0.1) is 17.0 Å². The van der Waals surface area contributed by atoms with E-state index in [1.807, 2.05) is 0 Å². The molecule has 0 radical (unpaired) electrons. The number of nitrogens with one attached hydrogen (secondary N) is 1. The van der Waals surface area contributed by atoms with Crippen molar-refractivity contribution >= 4 is 26.8 Å². The quantitative estimate of drug-likeness (QED) is 0.765. The first-order chi connectivity index (χ1) is 11.4. The Morgan fingerprint density at radius 3 is 2.71 bits per heavy atom. The molecule has 3 rings (SSSR count). The van der Waals surface area contributed by atoms with Gasteiger partial charge in [-0.05, 0) is 30.2 Å². The monoisotopic (exact) mass is 350 g/mol. The van der Waals surface area contributed by atoms with Gasteiger partial charge in [-0.3, -0.25) is 9.29 Å². The largest absolute Gasteiger partial charge is 0.419 e. The molecule has 0 aliphatic rings. The lowest BCUT2D eigenvalue weighted by molar-refractivity contribution is 0.528. The molecule has 8 heteroatoms. The summed E-state index contributed by atoms with van der Waals surface area (Å²) in [6.45, 7) is 0. The minimum Gasteiger partial charge on any atom is -0.408 e. The van der Waals surface area contributed by atoms with Crippen molar-refractivity contribution in [1.29, 1.82) is 0 Å². The van der Waals surface area contributed by atoms with E-state index in [-0.39, 0.29) is 23.4 Å². The Labute approximate surface area is 137 Å². The number of aryl methyl sites for hydroxylation is 2. The predicted molar refractivity (Wildman–Crippen MR) is 89.0 cm³/mol. The first-order valence-corrected chi connectivity index (χ1v) is 8.84. The molecule has 6 nitrogen and oxygen atoms in total. The third-order valence-corrected chi connectivity index (χ3v) is 4.95. The van der Waals surface area contributed by atoms with Crippen LogP contribution in [-0.2, 0) is 23.5 Å². The van der Waals surface area contributed by atoms with E-state index in [9.17, 15) is 17.6 Å². The van der Waals surface area contributed by atoms with Crippen LogP contribution in [0.5, 0.6) is 0 Å². The number of nitrogens with zero attached hydrogens (tertiary/aromatic N) is 1. The number of sulfonamides is 1. The number of anilines is 1. The van der Waals surface area contributed by atoms with Gasteiger partial charge in [-0.1, -0.05) is 18.2 Å². The van der Waals surface area contributed by atoms with Gasteiger partial charge in [0, 0.05) is 13.1 Å². The predicted octanol–water partition coefficient (Wildman–Crippen LogP) is 2.25. The fourth-order valence-electron chi connectivity index (χ4n) is 2.37. The molecule has 126 valence electrons. The minimum atomic E-state index is -3.66. The molecule has 0 spiro atoms. The van der Waals surface area contributed by atoms with Crippen LogP contribution in [0.25, 0.3) is 11.1 Å². The zero-order valence-corrected chi connectivity index (χ0v) is 13.6. The van der Waals surface area contributed by atoms with Crippen LogP contribution in [0.3, 0.4) is 0 Å². The Balaban J connectivity index is 1.77. The Morgan fingerprint density at radius 1 is 1.21 bits per heavy atom. The van der Waals surface area contributed by atoms with E-state index in [2.05, 4.69) is 4.72 Å². The third-order valence-electron chi connectivity index (χ3n) is 3.66. The van der Waals surface area contributed by atoms with Crippen LogP contribution in [0, 0.1) is 5.82 Å². The van der Waals surface area contributed by atoms with Crippen LogP contribution < -0.4 is 10.5 Å². The summed E-state index contributed by atoms with van der Waals surface area (Å²) in [6, 6.07) is 10.6. The van der Waals surface area contributed by atoms with E-state index < -0.39 is 21.6 Å².